The maximum Gasteiger partial charge on any atom is 0.152 e. The van der Waals surface area contributed by atoms with E-state index in [2.05, 4.69) is 264 Å². The number of hydrogen-bond acceptors (Lipinski definition) is 3. The smallest absolute Gasteiger partial charge is 0.152 e. The molecule has 0 fully saturated rings. The SMILES string of the molecule is c1ccc(-c2ccc(-c3ccc(N(c4cccc(-c5cccc6oc7c8ccccc8ccc7c56)c4)c4ccccc4-c4ccc5c(c4)c4cccc6c4n5-c4ccccc4O6)cc3)cc2-c2ccccc2)cc1. The fourth-order valence-electron chi connectivity index (χ4n) is 11.6. The van der Waals surface area contributed by atoms with Crippen LogP contribution in [0, 0.1) is 0 Å². The Balaban J connectivity index is 0.900. The standard InChI is InChI=1S/C70H44N2O2/c1-3-16-46(17-4-1)54-39-35-49(43-60(54)47-18-5-2-6-19-47)45-32-37-52(38-33-45)71(53-22-13-21-50(42-53)56-25-14-30-66-68(56)59-40-34-48-20-7-8-24-57(48)70(59)74-66)62-27-10-9-23-55(62)51-36-41-63-61(44-51)58-26-15-31-67-69(58)72(63)64-28-11-12-29-65(64)73-67/h1-44H. The zero-order valence-corrected chi connectivity index (χ0v) is 40.1. The van der Waals surface area contributed by atoms with Gasteiger partial charge in [0.15, 0.2) is 11.5 Å². The van der Waals surface area contributed by atoms with Crippen molar-refractivity contribution in [2.24, 2.45) is 0 Å². The molecule has 3 heterocycles. The highest BCUT2D eigenvalue weighted by molar-refractivity contribution is 6.19. The van der Waals surface area contributed by atoms with Crippen LogP contribution in [0.5, 0.6) is 11.5 Å². The van der Waals surface area contributed by atoms with Crippen molar-refractivity contribution in [2.45, 2.75) is 0 Å². The zero-order valence-electron chi connectivity index (χ0n) is 40.1. The fourth-order valence-corrected chi connectivity index (χ4v) is 11.6. The van der Waals surface area contributed by atoms with Crippen LogP contribution in [0.4, 0.5) is 17.1 Å². The fraction of sp³-hybridized carbons (Fsp3) is 0. The summed E-state index contributed by atoms with van der Waals surface area (Å²) < 4.78 is 15.5. The van der Waals surface area contributed by atoms with Gasteiger partial charge in [-0.1, -0.05) is 188 Å². The monoisotopic (exact) mass is 944 g/mol. The highest BCUT2D eigenvalue weighted by Crippen LogP contribution is 2.49. The first-order valence-electron chi connectivity index (χ1n) is 25.2. The van der Waals surface area contributed by atoms with E-state index >= 15 is 0 Å². The van der Waals surface area contributed by atoms with Crippen LogP contribution in [0.2, 0.25) is 0 Å². The van der Waals surface area contributed by atoms with Crippen molar-refractivity contribution in [3.63, 3.8) is 0 Å². The quantitative estimate of drug-likeness (QED) is 0.152. The summed E-state index contributed by atoms with van der Waals surface area (Å²) >= 11 is 0. The minimum atomic E-state index is 0.856. The maximum absolute atomic E-state index is 6.69. The van der Waals surface area contributed by atoms with Crippen LogP contribution in [-0.4, -0.2) is 4.57 Å². The second kappa shape index (κ2) is 16.9. The Morgan fingerprint density at radius 1 is 0.338 bits per heavy atom. The Morgan fingerprint density at radius 2 is 1.00 bits per heavy atom. The van der Waals surface area contributed by atoms with E-state index in [1.54, 1.807) is 0 Å². The molecule has 1 aliphatic heterocycles. The summed E-state index contributed by atoms with van der Waals surface area (Å²) in [7, 11) is 0. The van der Waals surface area contributed by atoms with Gasteiger partial charge in [-0.15, -0.1) is 0 Å². The molecular weight excluding hydrogens is 901 g/mol. The van der Waals surface area contributed by atoms with Gasteiger partial charge >= 0.3 is 0 Å². The number of rotatable bonds is 8. The average Bonchev–Trinajstić information content (AvgIpc) is 4.04. The molecule has 2 aromatic heterocycles. The highest BCUT2D eigenvalue weighted by Gasteiger charge is 2.25. The third kappa shape index (κ3) is 6.69. The molecule has 0 amide bonds. The molecule has 4 heteroatoms. The Bertz CT molecular complexity index is 4510. The van der Waals surface area contributed by atoms with Crippen LogP contribution < -0.4 is 9.64 Å². The first-order chi connectivity index (χ1) is 36.7. The van der Waals surface area contributed by atoms with Gasteiger partial charge in [0.25, 0.3) is 0 Å². The topological polar surface area (TPSA) is 30.5 Å². The predicted molar refractivity (Wildman–Crippen MR) is 308 cm³/mol. The summed E-state index contributed by atoms with van der Waals surface area (Å²) in [6, 6.07) is 96.0. The normalized spacial score (nSPS) is 11.9. The van der Waals surface area contributed by atoms with Gasteiger partial charge in [0, 0.05) is 43.9 Å². The highest BCUT2D eigenvalue weighted by atomic mass is 16.5. The van der Waals surface area contributed by atoms with Crippen molar-refractivity contribution in [1.82, 2.24) is 4.57 Å². The third-order valence-electron chi connectivity index (χ3n) is 15.0. The largest absolute Gasteiger partial charge is 0.455 e. The molecular formula is C70H44N2O2. The van der Waals surface area contributed by atoms with Crippen molar-refractivity contribution < 1.29 is 9.15 Å². The predicted octanol–water partition coefficient (Wildman–Crippen LogP) is 19.7. The number of hydrogen-bond donors (Lipinski definition) is 0. The van der Waals surface area contributed by atoms with Crippen molar-refractivity contribution in [1.29, 1.82) is 0 Å². The molecule has 0 N–H and O–H groups in total. The van der Waals surface area contributed by atoms with Crippen LogP contribution in [0.3, 0.4) is 0 Å². The molecule has 0 aliphatic carbocycles. The molecule has 0 radical (unpaired) electrons. The summed E-state index contributed by atoms with van der Waals surface area (Å²) in [6.45, 7) is 0. The molecule has 74 heavy (non-hydrogen) atoms. The molecule has 0 bridgehead atoms. The van der Waals surface area contributed by atoms with Gasteiger partial charge in [0.2, 0.25) is 0 Å². The number of ether oxygens (including phenoxy) is 1. The van der Waals surface area contributed by atoms with Crippen molar-refractivity contribution >= 4 is 71.6 Å². The average molecular weight is 945 g/mol. The number of aromatic nitrogens is 1. The van der Waals surface area contributed by atoms with Crippen molar-refractivity contribution in [3.05, 3.63) is 267 Å². The molecule has 12 aromatic carbocycles. The van der Waals surface area contributed by atoms with E-state index < -0.39 is 0 Å². The lowest BCUT2D eigenvalue weighted by Gasteiger charge is -2.28. The van der Waals surface area contributed by atoms with Crippen molar-refractivity contribution in [2.75, 3.05) is 4.90 Å². The van der Waals surface area contributed by atoms with Crippen LogP contribution in [0.1, 0.15) is 0 Å². The minimum Gasteiger partial charge on any atom is -0.455 e. The van der Waals surface area contributed by atoms with Crippen LogP contribution in [0.25, 0.3) is 116 Å². The molecule has 0 spiro atoms. The van der Waals surface area contributed by atoms with Crippen LogP contribution in [-0.2, 0) is 0 Å². The van der Waals surface area contributed by atoms with E-state index in [9.17, 15) is 0 Å². The summed E-state index contributed by atoms with van der Waals surface area (Å²) in [5, 5.41) is 6.84. The van der Waals surface area contributed by atoms with E-state index in [1.807, 2.05) is 12.1 Å². The summed E-state index contributed by atoms with van der Waals surface area (Å²) in [6.07, 6.45) is 0. The Hall–Kier alpha value is -9.90. The first kappa shape index (κ1) is 41.8. The van der Waals surface area contributed by atoms with Gasteiger partial charge in [-0.2, -0.15) is 0 Å². The van der Waals surface area contributed by atoms with E-state index in [-0.39, 0.29) is 0 Å². The van der Waals surface area contributed by atoms with E-state index in [4.69, 9.17) is 9.15 Å². The Labute approximate surface area is 427 Å². The number of anilines is 3. The number of fused-ring (bicyclic) bond motifs is 10. The van der Waals surface area contributed by atoms with Gasteiger partial charge in [-0.05, 0) is 134 Å². The second-order valence-corrected chi connectivity index (χ2v) is 19.2. The molecule has 346 valence electrons. The number of para-hydroxylation sites is 4. The van der Waals surface area contributed by atoms with Gasteiger partial charge in [0.05, 0.1) is 22.4 Å². The molecule has 0 unspecified atom stereocenters. The summed E-state index contributed by atoms with van der Waals surface area (Å²) in [4.78, 5) is 2.42. The Kier molecular flexibility index (Phi) is 9.54. The molecule has 0 atom stereocenters. The number of benzene rings is 12. The van der Waals surface area contributed by atoms with E-state index in [0.717, 1.165) is 117 Å². The van der Waals surface area contributed by atoms with Crippen molar-refractivity contribution in [3.8, 4) is 72.8 Å². The van der Waals surface area contributed by atoms with E-state index in [0.29, 0.717) is 0 Å². The number of nitrogens with zero attached hydrogens (tertiary/aromatic N) is 2. The molecule has 4 nitrogen and oxygen atoms in total. The van der Waals surface area contributed by atoms with E-state index in [1.165, 1.54) is 27.6 Å². The van der Waals surface area contributed by atoms with Gasteiger partial charge in [-0.25, -0.2) is 0 Å². The van der Waals surface area contributed by atoms with Crippen LogP contribution in [0.15, 0.2) is 271 Å². The van der Waals surface area contributed by atoms with Gasteiger partial charge in [0.1, 0.15) is 11.2 Å². The summed E-state index contributed by atoms with van der Waals surface area (Å²) in [5.41, 5.74) is 19.8. The van der Waals surface area contributed by atoms with Crippen LogP contribution >= 0.6 is 0 Å². The third-order valence-corrected chi connectivity index (χ3v) is 15.0. The minimum absolute atomic E-state index is 0.856. The van der Waals surface area contributed by atoms with Gasteiger partial charge < -0.3 is 18.6 Å². The zero-order chi connectivity index (χ0) is 48.7. The lowest BCUT2D eigenvalue weighted by molar-refractivity contribution is 0.476. The molecule has 0 saturated heterocycles. The molecule has 1 aliphatic rings. The molecule has 15 rings (SSSR count). The first-order valence-corrected chi connectivity index (χ1v) is 25.2. The maximum atomic E-state index is 6.69. The lowest BCUT2D eigenvalue weighted by atomic mass is 9.91. The lowest BCUT2D eigenvalue weighted by Crippen LogP contribution is -2.11. The number of furan rings is 1. The Morgan fingerprint density at radius 3 is 1.88 bits per heavy atom. The second-order valence-electron chi connectivity index (χ2n) is 19.2. The molecule has 0 saturated carbocycles. The summed E-state index contributed by atoms with van der Waals surface area (Å²) in [5.74, 6) is 1.72. The molecule has 14 aromatic rings. The van der Waals surface area contributed by atoms with Gasteiger partial charge in [-0.3, -0.25) is 0 Å².